The van der Waals surface area contributed by atoms with Crippen molar-refractivity contribution < 1.29 is 0 Å². The number of hydrogen-bond acceptors (Lipinski definition) is 1. The molecule has 0 atom stereocenters. The van der Waals surface area contributed by atoms with Crippen molar-refractivity contribution in [2.75, 3.05) is 6.54 Å². The molecule has 0 N–H and O–H groups in total. The lowest BCUT2D eigenvalue weighted by Gasteiger charge is -2.22. The summed E-state index contributed by atoms with van der Waals surface area (Å²) in [7, 11) is 0. The van der Waals surface area contributed by atoms with E-state index in [-0.39, 0.29) is 0 Å². The molecule has 0 aliphatic carbocycles. The summed E-state index contributed by atoms with van der Waals surface area (Å²) in [6.45, 7) is 5.49. The van der Waals surface area contributed by atoms with E-state index in [0.717, 1.165) is 19.6 Å². The van der Waals surface area contributed by atoms with Crippen LogP contribution in [0.2, 0.25) is 0 Å². The van der Waals surface area contributed by atoms with Crippen molar-refractivity contribution in [2.24, 2.45) is 0 Å². The Morgan fingerprint density at radius 1 is 0.531 bits per heavy atom. The monoisotopic (exact) mass is 433 g/mol. The predicted octanol–water partition coefficient (Wildman–Crippen LogP) is 9.34. The number of rotatable bonds is 19. The first-order chi connectivity index (χ1) is 15.9. The van der Waals surface area contributed by atoms with Gasteiger partial charge in [-0.3, -0.25) is 4.90 Å². The average molecular weight is 434 g/mol. The molecule has 176 valence electrons. The fraction of sp³-hybridized carbons (Fsp3) is 0.548. The molecular formula is C31H47N. The SMILES string of the molecule is CCCCCCCCCCCC/C=C/CCCN(Cc1ccccc1)Cc1ccccc1. The topological polar surface area (TPSA) is 3.24 Å². The number of nitrogens with zero attached hydrogens (tertiary/aromatic N) is 1. The van der Waals surface area contributed by atoms with E-state index >= 15 is 0 Å². The zero-order valence-corrected chi connectivity index (χ0v) is 20.7. The quantitative estimate of drug-likeness (QED) is 0.157. The molecule has 1 heteroatoms. The molecule has 0 aliphatic heterocycles. The molecule has 0 fully saturated rings. The highest BCUT2D eigenvalue weighted by Gasteiger charge is 2.06. The molecule has 1 nitrogen and oxygen atoms in total. The molecule has 0 radical (unpaired) electrons. The Kier molecular flexibility index (Phi) is 15.4. The van der Waals surface area contributed by atoms with Gasteiger partial charge >= 0.3 is 0 Å². The van der Waals surface area contributed by atoms with E-state index in [0.29, 0.717) is 0 Å². The Morgan fingerprint density at radius 3 is 1.47 bits per heavy atom. The van der Waals surface area contributed by atoms with Gasteiger partial charge in [0, 0.05) is 13.1 Å². The minimum absolute atomic E-state index is 1.03. The van der Waals surface area contributed by atoms with Gasteiger partial charge in [-0.1, -0.05) is 138 Å². The van der Waals surface area contributed by atoms with Gasteiger partial charge in [-0.15, -0.1) is 0 Å². The fourth-order valence-electron chi connectivity index (χ4n) is 4.32. The third-order valence-corrected chi connectivity index (χ3v) is 6.23. The first kappa shape index (κ1) is 26.4. The standard InChI is InChI=1S/C31H47N/c1-2-3-4-5-6-7-8-9-10-11-12-13-14-15-22-27-32(28-30-23-18-16-19-24-30)29-31-25-20-17-21-26-31/h13-14,16-21,23-26H,2-12,15,22,27-29H2,1H3/b14-13+. The average Bonchev–Trinajstić information content (AvgIpc) is 2.83. The molecule has 2 aromatic rings. The van der Waals surface area contributed by atoms with E-state index in [9.17, 15) is 0 Å². The molecule has 2 rings (SSSR count). The molecular weight excluding hydrogens is 386 g/mol. The van der Waals surface area contributed by atoms with Crippen molar-refractivity contribution >= 4 is 0 Å². The number of hydrogen-bond donors (Lipinski definition) is 0. The van der Waals surface area contributed by atoms with Crippen LogP contribution in [0.5, 0.6) is 0 Å². The minimum atomic E-state index is 1.03. The lowest BCUT2D eigenvalue weighted by atomic mass is 10.1. The van der Waals surface area contributed by atoms with Crippen molar-refractivity contribution in [3.8, 4) is 0 Å². The van der Waals surface area contributed by atoms with Gasteiger partial charge < -0.3 is 0 Å². The molecule has 0 saturated heterocycles. The molecule has 0 unspecified atom stereocenters. The van der Waals surface area contributed by atoms with Crippen LogP contribution in [0.15, 0.2) is 72.8 Å². The molecule has 0 bridgehead atoms. The van der Waals surface area contributed by atoms with Gasteiger partial charge in [0.05, 0.1) is 0 Å². The maximum Gasteiger partial charge on any atom is 0.0237 e. The van der Waals surface area contributed by atoms with Crippen LogP contribution in [0.1, 0.15) is 102 Å². The summed E-state index contributed by atoms with van der Waals surface area (Å²) in [4.78, 5) is 2.58. The summed E-state index contributed by atoms with van der Waals surface area (Å²) in [5.41, 5.74) is 2.81. The molecule has 0 aliphatic rings. The third kappa shape index (κ3) is 13.5. The molecule has 0 spiro atoms. The predicted molar refractivity (Wildman–Crippen MR) is 142 cm³/mol. The van der Waals surface area contributed by atoms with Crippen molar-refractivity contribution in [1.82, 2.24) is 4.90 Å². The zero-order chi connectivity index (χ0) is 22.5. The van der Waals surface area contributed by atoms with Crippen LogP contribution in [0, 0.1) is 0 Å². The first-order valence-corrected chi connectivity index (χ1v) is 13.3. The van der Waals surface area contributed by atoms with E-state index in [4.69, 9.17) is 0 Å². The smallest absolute Gasteiger partial charge is 0.0237 e. The van der Waals surface area contributed by atoms with Gasteiger partial charge in [-0.25, -0.2) is 0 Å². The first-order valence-electron chi connectivity index (χ1n) is 13.3. The third-order valence-electron chi connectivity index (χ3n) is 6.23. The van der Waals surface area contributed by atoms with Crippen LogP contribution in [0.4, 0.5) is 0 Å². The highest BCUT2D eigenvalue weighted by Crippen LogP contribution is 2.13. The number of benzene rings is 2. The zero-order valence-electron chi connectivity index (χ0n) is 20.7. The van der Waals surface area contributed by atoms with Gasteiger partial charge in [0.2, 0.25) is 0 Å². The lowest BCUT2D eigenvalue weighted by molar-refractivity contribution is 0.254. The number of unbranched alkanes of at least 4 members (excludes halogenated alkanes) is 11. The van der Waals surface area contributed by atoms with Crippen LogP contribution in [-0.4, -0.2) is 11.4 Å². The summed E-state index contributed by atoms with van der Waals surface area (Å²) >= 11 is 0. The Hall–Kier alpha value is -1.86. The lowest BCUT2D eigenvalue weighted by Crippen LogP contribution is -2.24. The number of allylic oxidation sites excluding steroid dienone is 2. The van der Waals surface area contributed by atoms with Crippen LogP contribution >= 0.6 is 0 Å². The maximum atomic E-state index is 2.58. The Morgan fingerprint density at radius 2 is 0.969 bits per heavy atom. The Labute approximate surface area is 198 Å². The van der Waals surface area contributed by atoms with E-state index in [1.807, 2.05) is 0 Å². The Balaban J connectivity index is 1.54. The molecule has 0 heterocycles. The summed E-state index contributed by atoms with van der Waals surface area (Å²) in [5.74, 6) is 0. The van der Waals surface area contributed by atoms with Gasteiger partial charge in [0.25, 0.3) is 0 Å². The summed E-state index contributed by atoms with van der Waals surface area (Å²) in [6.07, 6.45) is 22.7. The normalized spacial score (nSPS) is 11.6. The van der Waals surface area contributed by atoms with Crippen LogP contribution in [0.3, 0.4) is 0 Å². The van der Waals surface area contributed by atoms with Crippen LogP contribution in [-0.2, 0) is 13.1 Å². The van der Waals surface area contributed by atoms with E-state index < -0.39 is 0 Å². The van der Waals surface area contributed by atoms with E-state index in [1.54, 1.807) is 0 Å². The van der Waals surface area contributed by atoms with Crippen molar-refractivity contribution in [3.63, 3.8) is 0 Å². The van der Waals surface area contributed by atoms with Gasteiger partial charge in [0.1, 0.15) is 0 Å². The van der Waals surface area contributed by atoms with Crippen molar-refractivity contribution in [1.29, 1.82) is 0 Å². The summed E-state index contributed by atoms with van der Waals surface area (Å²) < 4.78 is 0. The minimum Gasteiger partial charge on any atom is -0.295 e. The maximum absolute atomic E-state index is 2.58. The molecule has 2 aromatic carbocycles. The molecule has 0 amide bonds. The second-order valence-electron chi connectivity index (χ2n) is 9.27. The highest BCUT2D eigenvalue weighted by atomic mass is 15.1. The fourth-order valence-corrected chi connectivity index (χ4v) is 4.32. The summed E-state index contributed by atoms with van der Waals surface area (Å²) in [6, 6.07) is 21.7. The van der Waals surface area contributed by atoms with E-state index in [2.05, 4.69) is 84.6 Å². The highest BCUT2D eigenvalue weighted by molar-refractivity contribution is 5.17. The molecule has 0 aromatic heterocycles. The molecule has 32 heavy (non-hydrogen) atoms. The van der Waals surface area contributed by atoms with Gasteiger partial charge in [-0.05, 0) is 43.4 Å². The van der Waals surface area contributed by atoms with Crippen molar-refractivity contribution in [2.45, 2.75) is 103 Å². The van der Waals surface area contributed by atoms with Crippen LogP contribution < -0.4 is 0 Å². The summed E-state index contributed by atoms with van der Waals surface area (Å²) in [5, 5.41) is 0. The second kappa shape index (κ2) is 18.7. The van der Waals surface area contributed by atoms with Crippen molar-refractivity contribution in [3.05, 3.63) is 83.9 Å². The molecule has 0 saturated carbocycles. The second-order valence-corrected chi connectivity index (χ2v) is 9.27. The van der Waals surface area contributed by atoms with E-state index in [1.165, 1.54) is 94.6 Å². The largest absolute Gasteiger partial charge is 0.295 e. The Bertz CT molecular complexity index is 635. The van der Waals surface area contributed by atoms with Crippen LogP contribution in [0.25, 0.3) is 0 Å². The van der Waals surface area contributed by atoms with Gasteiger partial charge in [0.15, 0.2) is 0 Å². The van der Waals surface area contributed by atoms with Gasteiger partial charge in [-0.2, -0.15) is 0 Å².